The summed E-state index contributed by atoms with van der Waals surface area (Å²) in [6.45, 7) is 4.95. The zero-order valence-corrected chi connectivity index (χ0v) is 52.5. The second-order valence-corrected chi connectivity index (χ2v) is 24.6. The minimum absolute atomic E-state index is 0.0196. The van der Waals surface area contributed by atoms with Crippen LogP contribution in [0.2, 0.25) is 0 Å². The Bertz CT molecular complexity index is 1160. The maximum atomic E-state index is 12.5. The molecule has 0 spiro atoms. The Balaban J connectivity index is 3.37. The summed E-state index contributed by atoms with van der Waals surface area (Å²) in [4.78, 5) is 24.6. The zero-order valence-electron chi connectivity index (χ0n) is 52.5. The third-order valence-electron chi connectivity index (χ3n) is 16.8. The summed E-state index contributed by atoms with van der Waals surface area (Å²) >= 11 is 0. The average Bonchev–Trinajstić information content (AvgIpc) is 3.43. The highest BCUT2D eigenvalue weighted by Crippen LogP contribution is 2.19. The van der Waals surface area contributed by atoms with E-state index in [-0.39, 0.29) is 18.5 Å². The number of esters is 1. The number of amides is 1. The summed E-state index contributed by atoms with van der Waals surface area (Å²) in [6.07, 6.45) is 82.9. The average molecular weight is 1090 g/mol. The van der Waals surface area contributed by atoms with Crippen LogP contribution < -0.4 is 5.32 Å². The first-order chi connectivity index (χ1) is 38.0. The number of carbonyl (C=O) groups excluding carboxylic acids is 2. The summed E-state index contributed by atoms with van der Waals surface area (Å²) in [6, 6.07) is -0.627. The van der Waals surface area contributed by atoms with Crippen molar-refractivity contribution in [3.8, 4) is 0 Å². The summed E-state index contributed by atoms with van der Waals surface area (Å²) in [5, 5.41) is 23.2. The Labute approximate surface area is 482 Å². The molecule has 458 valence electrons. The number of carbonyl (C=O) groups is 2. The molecule has 0 aliphatic rings. The van der Waals surface area contributed by atoms with Gasteiger partial charge in [-0.25, -0.2) is 0 Å². The van der Waals surface area contributed by atoms with Gasteiger partial charge in [-0.2, -0.15) is 0 Å². The summed E-state index contributed by atoms with van der Waals surface area (Å²) in [7, 11) is 0. The minimum atomic E-state index is -0.844. The molecule has 2 unspecified atom stereocenters. The van der Waals surface area contributed by atoms with E-state index < -0.39 is 12.1 Å². The van der Waals surface area contributed by atoms with Gasteiger partial charge in [0.1, 0.15) is 0 Å². The van der Waals surface area contributed by atoms with Crippen molar-refractivity contribution in [1.82, 2.24) is 5.32 Å². The Kier molecular flexibility index (Phi) is 65.9. The van der Waals surface area contributed by atoms with Crippen molar-refractivity contribution in [2.75, 3.05) is 13.2 Å². The molecular formula is C71H139NO5. The summed E-state index contributed by atoms with van der Waals surface area (Å²) < 4.78 is 5.50. The first-order valence-electron chi connectivity index (χ1n) is 35.5. The second kappa shape index (κ2) is 67.1. The summed E-state index contributed by atoms with van der Waals surface area (Å²) in [5.41, 5.74) is 0. The van der Waals surface area contributed by atoms with E-state index in [1.807, 2.05) is 6.08 Å². The Hall–Kier alpha value is -1.40. The molecule has 6 nitrogen and oxygen atoms in total. The molecule has 0 bridgehead atoms. The van der Waals surface area contributed by atoms with Crippen molar-refractivity contribution in [2.24, 2.45) is 0 Å². The minimum Gasteiger partial charge on any atom is -0.466 e. The number of allylic oxidation sites excluding steroid dienone is 1. The number of rotatable bonds is 67. The molecular weight excluding hydrogens is 947 g/mol. The van der Waals surface area contributed by atoms with E-state index in [0.717, 1.165) is 38.5 Å². The van der Waals surface area contributed by atoms with E-state index in [1.165, 1.54) is 340 Å². The van der Waals surface area contributed by atoms with Gasteiger partial charge >= 0.3 is 5.97 Å². The quantitative estimate of drug-likeness (QED) is 0.0320. The van der Waals surface area contributed by atoms with Crippen LogP contribution in [0, 0.1) is 0 Å². The maximum Gasteiger partial charge on any atom is 0.305 e. The predicted molar refractivity (Wildman–Crippen MR) is 338 cm³/mol. The van der Waals surface area contributed by atoms with Crippen LogP contribution in [-0.2, 0) is 14.3 Å². The molecule has 0 heterocycles. The number of unbranched alkanes of at least 4 members (excludes halogenated alkanes) is 56. The van der Waals surface area contributed by atoms with E-state index in [2.05, 4.69) is 19.2 Å². The van der Waals surface area contributed by atoms with E-state index >= 15 is 0 Å². The van der Waals surface area contributed by atoms with Crippen molar-refractivity contribution in [3.63, 3.8) is 0 Å². The SMILES string of the molecule is CCCCCCCCCCCCCCCCCCCC/C=C/C(O)C(CO)NC(=O)CCCCCCCCCCCCCCCCCCCCCCCCCCOC(=O)CCCCCCCCCCCCCCCCCC. The van der Waals surface area contributed by atoms with Gasteiger partial charge in [0.2, 0.25) is 5.91 Å². The highest BCUT2D eigenvalue weighted by molar-refractivity contribution is 5.76. The number of ether oxygens (including phenoxy) is 1. The van der Waals surface area contributed by atoms with Gasteiger partial charge in [-0.15, -0.1) is 0 Å². The Morgan fingerprint density at radius 1 is 0.351 bits per heavy atom. The second-order valence-electron chi connectivity index (χ2n) is 24.6. The van der Waals surface area contributed by atoms with Gasteiger partial charge in [-0.05, 0) is 32.1 Å². The van der Waals surface area contributed by atoms with Gasteiger partial charge in [0.25, 0.3) is 0 Å². The van der Waals surface area contributed by atoms with Crippen LogP contribution in [0.25, 0.3) is 0 Å². The zero-order chi connectivity index (χ0) is 55.7. The molecule has 0 aliphatic carbocycles. The number of hydrogen-bond acceptors (Lipinski definition) is 5. The first-order valence-corrected chi connectivity index (χ1v) is 35.5. The molecule has 3 N–H and O–H groups in total. The molecule has 0 saturated carbocycles. The van der Waals surface area contributed by atoms with Crippen LogP contribution >= 0.6 is 0 Å². The molecule has 2 atom stereocenters. The lowest BCUT2D eigenvalue weighted by Gasteiger charge is -2.20. The lowest BCUT2D eigenvalue weighted by molar-refractivity contribution is -0.143. The van der Waals surface area contributed by atoms with Crippen molar-refractivity contribution < 1.29 is 24.5 Å². The summed E-state index contributed by atoms with van der Waals surface area (Å²) in [5.74, 6) is -0.0428. The third kappa shape index (κ3) is 63.6. The van der Waals surface area contributed by atoms with Gasteiger partial charge in [0, 0.05) is 12.8 Å². The van der Waals surface area contributed by atoms with Crippen molar-refractivity contribution in [3.05, 3.63) is 12.2 Å². The molecule has 0 aromatic rings. The van der Waals surface area contributed by atoms with E-state index in [0.29, 0.717) is 19.4 Å². The highest BCUT2D eigenvalue weighted by atomic mass is 16.5. The standard InChI is InChI=1S/C71H139NO5/c1-3-5-7-9-11-13-15-17-19-21-22-29-32-35-39-43-47-51-55-59-63-69(74)68(67-73)72-70(75)64-60-56-52-48-44-40-36-33-30-27-25-23-24-26-28-31-34-38-42-46-50-54-58-62-66-77-71(76)65-61-57-53-49-45-41-37-20-18-16-14-12-10-8-6-4-2/h59,63,68-69,73-74H,3-58,60-62,64-67H2,1-2H3,(H,72,75)/b63-59+. The highest BCUT2D eigenvalue weighted by Gasteiger charge is 2.18. The Morgan fingerprint density at radius 2 is 0.597 bits per heavy atom. The van der Waals surface area contributed by atoms with Crippen LogP contribution in [-0.4, -0.2) is 47.4 Å². The number of hydrogen-bond donors (Lipinski definition) is 3. The van der Waals surface area contributed by atoms with E-state index in [4.69, 9.17) is 4.74 Å². The van der Waals surface area contributed by atoms with E-state index in [9.17, 15) is 19.8 Å². The predicted octanol–water partition coefficient (Wildman–Crippen LogP) is 22.8. The topological polar surface area (TPSA) is 95.9 Å². The van der Waals surface area contributed by atoms with Crippen molar-refractivity contribution in [1.29, 1.82) is 0 Å². The van der Waals surface area contributed by atoms with Crippen LogP contribution in [0.3, 0.4) is 0 Å². The molecule has 0 aromatic heterocycles. The third-order valence-corrected chi connectivity index (χ3v) is 16.8. The number of aliphatic hydroxyl groups excluding tert-OH is 2. The normalized spacial score (nSPS) is 12.5. The molecule has 77 heavy (non-hydrogen) atoms. The lowest BCUT2D eigenvalue weighted by atomic mass is 10.0. The van der Waals surface area contributed by atoms with Gasteiger partial charge < -0.3 is 20.3 Å². The molecule has 6 heteroatoms. The number of nitrogens with one attached hydrogen (secondary N) is 1. The smallest absolute Gasteiger partial charge is 0.305 e. The fraction of sp³-hybridized carbons (Fsp3) is 0.944. The monoisotopic (exact) mass is 1090 g/mol. The molecule has 1 amide bonds. The van der Waals surface area contributed by atoms with Crippen LogP contribution in [0.15, 0.2) is 12.2 Å². The van der Waals surface area contributed by atoms with Gasteiger partial charge in [-0.3, -0.25) is 9.59 Å². The maximum absolute atomic E-state index is 12.5. The van der Waals surface area contributed by atoms with Crippen LogP contribution in [0.1, 0.15) is 406 Å². The van der Waals surface area contributed by atoms with Crippen LogP contribution in [0.5, 0.6) is 0 Å². The van der Waals surface area contributed by atoms with Gasteiger partial charge in [0.15, 0.2) is 0 Å². The fourth-order valence-corrected chi connectivity index (χ4v) is 11.4. The molecule has 0 fully saturated rings. The largest absolute Gasteiger partial charge is 0.466 e. The number of aliphatic hydroxyl groups is 2. The van der Waals surface area contributed by atoms with Crippen LogP contribution in [0.4, 0.5) is 0 Å². The Morgan fingerprint density at radius 3 is 0.883 bits per heavy atom. The van der Waals surface area contributed by atoms with Gasteiger partial charge in [-0.1, -0.05) is 373 Å². The fourth-order valence-electron chi connectivity index (χ4n) is 11.4. The molecule has 0 rings (SSSR count). The molecule has 0 radical (unpaired) electrons. The molecule has 0 aromatic carbocycles. The van der Waals surface area contributed by atoms with Crippen molar-refractivity contribution >= 4 is 11.9 Å². The molecule has 0 aliphatic heterocycles. The van der Waals surface area contributed by atoms with Crippen molar-refractivity contribution in [2.45, 2.75) is 418 Å². The lowest BCUT2D eigenvalue weighted by Crippen LogP contribution is -2.45. The van der Waals surface area contributed by atoms with E-state index in [1.54, 1.807) is 6.08 Å². The first kappa shape index (κ1) is 75.6. The molecule has 0 saturated heterocycles. The van der Waals surface area contributed by atoms with Gasteiger partial charge in [0.05, 0.1) is 25.4 Å².